The molecule has 1 amide bonds. The molecule has 1 aliphatic carbocycles. The van der Waals surface area contributed by atoms with Gasteiger partial charge >= 0.3 is 6.09 Å². The van der Waals surface area contributed by atoms with Crippen LogP contribution in [-0.2, 0) is 0 Å². The highest BCUT2D eigenvalue weighted by Crippen LogP contribution is 2.31. The molecule has 6 heteroatoms. The van der Waals surface area contributed by atoms with E-state index >= 15 is 0 Å². The van der Waals surface area contributed by atoms with Crippen LogP contribution in [0.4, 0.5) is 13.6 Å². The topological polar surface area (TPSA) is 32.8 Å². The lowest BCUT2D eigenvalue weighted by molar-refractivity contribution is 0.123. The maximum atomic E-state index is 13.3. The van der Waals surface area contributed by atoms with E-state index in [0.29, 0.717) is 0 Å². The van der Waals surface area contributed by atoms with Gasteiger partial charge < -0.3 is 14.5 Å². The molecular formula is C25H40F2N2O2. The van der Waals surface area contributed by atoms with Crippen molar-refractivity contribution in [2.45, 2.75) is 83.6 Å². The Morgan fingerprint density at radius 2 is 1.55 bits per heavy atom. The van der Waals surface area contributed by atoms with Gasteiger partial charge in [0.1, 0.15) is 17.4 Å². The lowest BCUT2D eigenvalue weighted by Crippen LogP contribution is -2.41. The summed E-state index contributed by atoms with van der Waals surface area (Å²) in [7, 11) is 3.93. The van der Waals surface area contributed by atoms with Crippen LogP contribution >= 0.6 is 0 Å². The Labute approximate surface area is 186 Å². The van der Waals surface area contributed by atoms with Gasteiger partial charge in [-0.25, -0.2) is 13.6 Å². The number of rotatable bonds is 12. The molecule has 1 aromatic rings. The van der Waals surface area contributed by atoms with E-state index in [-0.39, 0.29) is 11.8 Å². The van der Waals surface area contributed by atoms with E-state index in [9.17, 15) is 13.6 Å². The highest BCUT2D eigenvalue weighted by molar-refractivity contribution is 5.70. The standard InChI is InChI=1S/C25H40F2N2O2/c1-4-5-8-15-28(2)16-9-6-7-10-20-11-13-23(14-12-20)29(3)25(30)31-24-18-21(26)17-22(27)19-24/h17-20,23H,4-16H2,1-3H3. The Hall–Kier alpha value is -1.69. The van der Waals surface area contributed by atoms with Gasteiger partial charge in [-0.05, 0) is 64.6 Å². The summed E-state index contributed by atoms with van der Waals surface area (Å²) < 4.78 is 31.7. The van der Waals surface area contributed by atoms with Crippen molar-refractivity contribution in [3.63, 3.8) is 0 Å². The highest BCUT2D eigenvalue weighted by Gasteiger charge is 2.27. The normalized spacial score (nSPS) is 18.9. The third kappa shape index (κ3) is 9.55. The Morgan fingerprint density at radius 3 is 2.16 bits per heavy atom. The van der Waals surface area contributed by atoms with E-state index < -0.39 is 17.7 Å². The van der Waals surface area contributed by atoms with Gasteiger partial charge in [0, 0.05) is 31.3 Å². The Bertz CT molecular complexity index is 643. The maximum Gasteiger partial charge on any atom is 0.415 e. The molecule has 2 rings (SSSR count). The number of amides is 1. The molecule has 0 radical (unpaired) electrons. The summed E-state index contributed by atoms with van der Waals surface area (Å²) in [5, 5.41) is 0. The predicted octanol–water partition coefficient (Wildman–Crippen LogP) is 6.64. The quantitative estimate of drug-likeness (QED) is 0.343. The number of nitrogens with zero attached hydrogens (tertiary/aromatic N) is 2. The second kappa shape index (κ2) is 13.7. The van der Waals surface area contributed by atoms with E-state index in [2.05, 4.69) is 18.9 Å². The van der Waals surface area contributed by atoms with Crippen LogP contribution < -0.4 is 4.74 Å². The lowest BCUT2D eigenvalue weighted by atomic mass is 9.82. The zero-order chi connectivity index (χ0) is 22.6. The number of carbonyl (C=O) groups excluding carboxylic acids is 1. The van der Waals surface area contributed by atoms with Crippen molar-refractivity contribution in [1.82, 2.24) is 9.80 Å². The van der Waals surface area contributed by atoms with Gasteiger partial charge in [0.15, 0.2) is 0 Å². The first-order chi connectivity index (χ1) is 14.9. The molecule has 1 saturated carbocycles. The molecule has 0 saturated heterocycles. The summed E-state index contributed by atoms with van der Waals surface area (Å²) in [6, 6.07) is 2.93. The molecule has 0 aliphatic heterocycles. The van der Waals surface area contributed by atoms with E-state index in [1.54, 1.807) is 11.9 Å². The molecule has 1 aromatic carbocycles. The molecule has 0 atom stereocenters. The summed E-state index contributed by atoms with van der Waals surface area (Å²) in [5.74, 6) is -0.873. The van der Waals surface area contributed by atoms with E-state index in [4.69, 9.17) is 4.74 Å². The van der Waals surface area contributed by atoms with Crippen molar-refractivity contribution in [1.29, 1.82) is 0 Å². The molecule has 176 valence electrons. The number of carbonyl (C=O) groups is 1. The van der Waals surface area contributed by atoms with E-state index in [1.165, 1.54) is 58.0 Å². The average molecular weight is 439 g/mol. The molecule has 0 spiro atoms. The van der Waals surface area contributed by atoms with Crippen LogP contribution in [0.3, 0.4) is 0 Å². The number of hydrogen-bond acceptors (Lipinski definition) is 3. The SMILES string of the molecule is CCCCCN(C)CCCCCC1CCC(N(C)C(=O)Oc2cc(F)cc(F)c2)CC1. The van der Waals surface area contributed by atoms with Crippen molar-refractivity contribution < 1.29 is 18.3 Å². The number of benzene rings is 1. The molecule has 1 aliphatic rings. The Balaban J connectivity index is 1.60. The smallest absolute Gasteiger partial charge is 0.410 e. The van der Waals surface area contributed by atoms with E-state index in [1.807, 2.05) is 0 Å². The van der Waals surface area contributed by atoms with Gasteiger partial charge in [0.05, 0.1) is 0 Å². The van der Waals surface area contributed by atoms with Crippen molar-refractivity contribution in [3.05, 3.63) is 29.8 Å². The van der Waals surface area contributed by atoms with Crippen LogP contribution in [-0.4, -0.2) is 49.1 Å². The second-order valence-corrected chi connectivity index (χ2v) is 9.12. The van der Waals surface area contributed by atoms with Crippen LogP contribution in [0.25, 0.3) is 0 Å². The fourth-order valence-corrected chi connectivity index (χ4v) is 4.47. The Kier molecular flexibility index (Phi) is 11.3. The third-order valence-corrected chi connectivity index (χ3v) is 6.49. The third-order valence-electron chi connectivity index (χ3n) is 6.49. The molecule has 0 aromatic heterocycles. The number of ether oxygens (including phenoxy) is 1. The van der Waals surface area contributed by atoms with Crippen molar-refractivity contribution in [2.24, 2.45) is 5.92 Å². The average Bonchev–Trinajstić information content (AvgIpc) is 2.73. The molecule has 0 unspecified atom stereocenters. The zero-order valence-electron chi connectivity index (χ0n) is 19.5. The zero-order valence-corrected chi connectivity index (χ0v) is 19.5. The van der Waals surface area contributed by atoms with E-state index in [0.717, 1.165) is 49.8 Å². The largest absolute Gasteiger partial charge is 0.415 e. The molecular weight excluding hydrogens is 398 g/mol. The van der Waals surface area contributed by atoms with Crippen LogP contribution in [0.2, 0.25) is 0 Å². The minimum Gasteiger partial charge on any atom is -0.410 e. The molecule has 4 nitrogen and oxygen atoms in total. The van der Waals surface area contributed by atoms with Crippen LogP contribution in [0.15, 0.2) is 18.2 Å². The van der Waals surface area contributed by atoms with Gasteiger partial charge in [-0.2, -0.15) is 0 Å². The van der Waals surface area contributed by atoms with Gasteiger partial charge in [-0.15, -0.1) is 0 Å². The summed E-state index contributed by atoms with van der Waals surface area (Å²) >= 11 is 0. The van der Waals surface area contributed by atoms with Crippen LogP contribution in [0, 0.1) is 17.6 Å². The minimum atomic E-state index is -0.755. The van der Waals surface area contributed by atoms with Gasteiger partial charge in [0.25, 0.3) is 0 Å². The van der Waals surface area contributed by atoms with Gasteiger partial charge in [0.2, 0.25) is 0 Å². The first-order valence-electron chi connectivity index (χ1n) is 12.0. The molecule has 1 fully saturated rings. The summed E-state index contributed by atoms with van der Waals surface area (Å²) in [5.41, 5.74) is 0. The molecule has 0 bridgehead atoms. The minimum absolute atomic E-state index is 0.0981. The fourth-order valence-electron chi connectivity index (χ4n) is 4.47. The number of unbranched alkanes of at least 4 members (excludes halogenated alkanes) is 4. The molecule has 0 heterocycles. The molecule has 31 heavy (non-hydrogen) atoms. The van der Waals surface area contributed by atoms with Crippen molar-refractivity contribution in [3.8, 4) is 5.75 Å². The maximum absolute atomic E-state index is 13.3. The summed E-state index contributed by atoms with van der Waals surface area (Å²) in [4.78, 5) is 16.4. The highest BCUT2D eigenvalue weighted by atomic mass is 19.1. The monoisotopic (exact) mass is 438 g/mol. The van der Waals surface area contributed by atoms with Crippen molar-refractivity contribution >= 4 is 6.09 Å². The van der Waals surface area contributed by atoms with Crippen molar-refractivity contribution in [2.75, 3.05) is 27.2 Å². The first-order valence-corrected chi connectivity index (χ1v) is 12.0. The molecule has 0 N–H and O–H groups in total. The number of hydrogen-bond donors (Lipinski definition) is 0. The fraction of sp³-hybridized carbons (Fsp3) is 0.720. The Morgan fingerprint density at radius 1 is 0.935 bits per heavy atom. The number of halogens is 2. The first kappa shape index (κ1) is 25.6. The lowest BCUT2D eigenvalue weighted by Gasteiger charge is -2.34. The van der Waals surface area contributed by atoms with Gasteiger partial charge in [-0.3, -0.25) is 0 Å². The van der Waals surface area contributed by atoms with Crippen LogP contribution in [0.5, 0.6) is 5.75 Å². The summed E-state index contributed by atoms with van der Waals surface area (Å²) in [6.45, 7) is 4.65. The predicted molar refractivity (Wildman–Crippen MR) is 121 cm³/mol. The van der Waals surface area contributed by atoms with Gasteiger partial charge in [-0.1, -0.05) is 39.0 Å². The van der Waals surface area contributed by atoms with Crippen LogP contribution in [0.1, 0.15) is 77.6 Å². The summed E-state index contributed by atoms with van der Waals surface area (Å²) in [6.07, 6.45) is 12.6. The second-order valence-electron chi connectivity index (χ2n) is 9.12.